The first-order valence-electron chi connectivity index (χ1n) is 11.8. The van der Waals surface area contributed by atoms with Crippen LogP contribution in [0, 0.1) is 0 Å². The summed E-state index contributed by atoms with van der Waals surface area (Å²) in [6.07, 6.45) is 1.93. The van der Waals surface area contributed by atoms with Gasteiger partial charge in [-0.05, 0) is 63.4 Å². The normalized spacial score (nSPS) is 15.2. The van der Waals surface area contributed by atoms with E-state index in [1.54, 1.807) is 0 Å². The maximum atomic E-state index is 12.6. The van der Waals surface area contributed by atoms with Gasteiger partial charge in [0.05, 0.1) is 12.6 Å². The third-order valence-electron chi connectivity index (χ3n) is 5.62. The van der Waals surface area contributed by atoms with Crippen LogP contribution in [0.5, 0.6) is 5.75 Å². The number of piperazine rings is 1. The van der Waals surface area contributed by atoms with Gasteiger partial charge in [0.25, 0.3) is 0 Å². The minimum Gasteiger partial charge on any atom is -0.491 e. The van der Waals surface area contributed by atoms with Gasteiger partial charge < -0.3 is 20.3 Å². The summed E-state index contributed by atoms with van der Waals surface area (Å²) in [4.78, 5) is 28.8. The highest BCUT2D eigenvalue weighted by molar-refractivity contribution is 5.92. The van der Waals surface area contributed by atoms with Crippen LogP contribution in [0.15, 0.2) is 54.6 Å². The summed E-state index contributed by atoms with van der Waals surface area (Å²) >= 11 is 0. The fourth-order valence-corrected chi connectivity index (χ4v) is 3.80. The molecule has 178 valence electrons. The number of rotatable bonds is 9. The van der Waals surface area contributed by atoms with Crippen molar-refractivity contribution in [3.63, 3.8) is 0 Å². The number of benzene rings is 2. The molecule has 1 aliphatic heterocycles. The van der Waals surface area contributed by atoms with E-state index in [1.165, 1.54) is 5.56 Å². The van der Waals surface area contributed by atoms with Crippen molar-refractivity contribution in [3.8, 4) is 5.75 Å². The Morgan fingerprint density at radius 2 is 1.61 bits per heavy atom. The van der Waals surface area contributed by atoms with Gasteiger partial charge in [0.1, 0.15) is 5.75 Å². The monoisotopic (exact) mass is 452 g/mol. The molecule has 1 saturated heterocycles. The lowest BCUT2D eigenvalue weighted by Gasteiger charge is -2.34. The molecule has 33 heavy (non-hydrogen) atoms. The van der Waals surface area contributed by atoms with Crippen molar-refractivity contribution < 1.29 is 14.3 Å². The van der Waals surface area contributed by atoms with Crippen LogP contribution < -0.4 is 15.4 Å². The number of para-hydroxylation sites is 1. The number of ether oxygens (including phenoxy) is 1. The highest BCUT2D eigenvalue weighted by Crippen LogP contribution is 2.15. The Morgan fingerprint density at radius 1 is 0.939 bits per heavy atom. The van der Waals surface area contributed by atoms with Crippen LogP contribution in [0.3, 0.4) is 0 Å². The van der Waals surface area contributed by atoms with Crippen LogP contribution in [-0.4, -0.2) is 66.6 Å². The molecule has 3 rings (SSSR count). The summed E-state index contributed by atoms with van der Waals surface area (Å²) in [5, 5.41) is 6.02. The quantitative estimate of drug-likeness (QED) is 0.608. The van der Waals surface area contributed by atoms with E-state index in [0.29, 0.717) is 32.7 Å². The summed E-state index contributed by atoms with van der Waals surface area (Å²) in [5.74, 6) is 0.850. The molecule has 0 aliphatic carbocycles. The van der Waals surface area contributed by atoms with Crippen molar-refractivity contribution >= 4 is 17.6 Å². The Kier molecular flexibility index (Phi) is 9.13. The molecule has 1 unspecified atom stereocenters. The molecule has 1 heterocycles. The van der Waals surface area contributed by atoms with Crippen molar-refractivity contribution in [2.45, 2.75) is 45.8 Å². The Morgan fingerprint density at radius 3 is 2.24 bits per heavy atom. The second-order valence-corrected chi connectivity index (χ2v) is 8.88. The topological polar surface area (TPSA) is 73.9 Å². The first kappa shape index (κ1) is 24.6. The van der Waals surface area contributed by atoms with Gasteiger partial charge >= 0.3 is 6.03 Å². The number of urea groups is 1. The molecule has 7 nitrogen and oxygen atoms in total. The average Bonchev–Trinajstić information content (AvgIpc) is 2.79. The summed E-state index contributed by atoms with van der Waals surface area (Å²) in [7, 11) is 0. The lowest BCUT2D eigenvalue weighted by Crippen LogP contribution is -2.54. The van der Waals surface area contributed by atoms with Gasteiger partial charge in [-0.3, -0.25) is 9.69 Å². The minimum atomic E-state index is -0.0310. The van der Waals surface area contributed by atoms with Crippen molar-refractivity contribution in [3.05, 3.63) is 60.2 Å². The Labute approximate surface area is 197 Å². The second kappa shape index (κ2) is 12.3. The van der Waals surface area contributed by atoms with Crippen LogP contribution in [0.25, 0.3) is 0 Å². The predicted molar refractivity (Wildman–Crippen MR) is 132 cm³/mol. The van der Waals surface area contributed by atoms with Crippen LogP contribution in [0.1, 0.15) is 32.8 Å². The average molecular weight is 453 g/mol. The number of nitrogens with one attached hydrogen (secondary N) is 2. The first-order valence-corrected chi connectivity index (χ1v) is 11.8. The molecule has 7 heteroatoms. The van der Waals surface area contributed by atoms with Gasteiger partial charge in [-0.15, -0.1) is 0 Å². The van der Waals surface area contributed by atoms with Gasteiger partial charge in [0.15, 0.2) is 0 Å². The van der Waals surface area contributed by atoms with E-state index in [2.05, 4.69) is 27.7 Å². The van der Waals surface area contributed by atoms with Gasteiger partial charge in [0.2, 0.25) is 5.91 Å². The smallest absolute Gasteiger partial charge is 0.317 e. The Hall–Kier alpha value is -3.06. The third-order valence-corrected chi connectivity index (χ3v) is 5.62. The molecule has 1 aliphatic rings. The minimum absolute atomic E-state index is 0.0310. The maximum Gasteiger partial charge on any atom is 0.317 e. The summed E-state index contributed by atoms with van der Waals surface area (Å²) < 4.78 is 5.68. The number of aryl methyl sites for hydroxylation is 1. The van der Waals surface area contributed by atoms with E-state index < -0.39 is 0 Å². The zero-order valence-electron chi connectivity index (χ0n) is 19.9. The number of hydrogen-bond acceptors (Lipinski definition) is 4. The second-order valence-electron chi connectivity index (χ2n) is 8.88. The Balaban J connectivity index is 1.34. The van der Waals surface area contributed by atoms with E-state index in [-0.39, 0.29) is 24.1 Å². The Bertz CT molecular complexity index is 878. The SMILES string of the molecule is CC(CCc1ccc(OC(C)C)cc1)NC(=O)N1CCN(CC(=O)Nc2ccccc2)CC1. The van der Waals surface area contributed by atoms with Crippen molar-refractivity contribution in [2.75, 3.05) is 38.0 Å². The van der Waals surface area contributed by atoms with E-state index in [1.807, 2.05) is 68.1 Å². The zero-order valence-corrected chi connectivity index (χ0v) is 19.9. The largest absolute Gasteiger partial charge is 0.491 e. The van der Waals surface area contributed by atoms with Crippen LogP contribution in [0.4, 0.5) is 10.5 Å². The summed E-state index contributed by atoms with van der Waals surface area (Å²) in [6, 6.07) is 17.7. The van der Waals surface area contributed by atoms with Crippen LogP contribution in [-0.2, 0) is 11.2 Å². The molecule has 1 fully saturated rings. The van der Waals surface area contributed by atoms with Crippen molar-refractivity contribution in [1.29, 1.82) is 0 Å². The lowest BCUT2D eigenvalue weighted by atomic mass is 10.1. The van der Waals surface area contributed by atoms with Gasteiger partial charge in [-0.2, -0.15) is 0 Å². The fraction of sp³-hybridized carbons (Fsp3) is 0.462. The highest BCUT2D eigenvalue weighted by Gasteiger charge is 2.23. The molecule has 2 aromatic rings. The molecule has 1 atom stereocenters. The number of carbonyl (C=O) groups excluding carboxylic acids is 2. The number of hydrogen-bond donors (Lipinski definition) is 2. The highest BCUT2D eigenvalue weighted by atomic mass is 16.5. The third kappa shape index (κ3) is 8.42. The van der Waals surface area contributed by atoms with Gasteiger partial charge in [0, 0.05) is 37.9 Å². The predicted octanol–water partition coefficient (Wildman–Crippen LogP) is 3.76. The van der Waals surface area contributed by atoms with E-state index in [4.69, 9.17) is 4.74 Å². The fourth-order valence-electron chi connectivity index (χ4n) is 3.80. The first-order chi connectivity index (χ1) is 15.9. The van der Waals surface area contributed by atoms with Crippen LogP contribution >= 0.6 is 0 Å². The molecule has 0 saturated carbocycles. The van der Waals surface area contributed by atoms with Gasteiger partial charge in [-0.25, -0.2) is 4.79 Å². The number of amides is 3. The molecular formula is C26H36N4O3. The number of anilines is 1. The molecule has 0 bridgehead atoms. The summed E-state index contributed by atoms with van der Waals surface area (Å²) in [5.41, 5.74) is 2.03. The molecule has 0 spiro atoms. The van der Waals surface area contributed by atoms with Gasteiger partial charge in [-0.1, -0.05) is 30.3 Å². The summed E-state index contributed by atoms with van der Waals surface area (Å²) in [6.45, 7) is 9.02. The molecule has 0 radical (unpaired) electrons. The zero-order chi connectivity index (χ0) is 23.6. The van der Waals surface area contributed by atoms with Crippen molar-refractivity contribution in [1.82, 2.24) is 15.1 Å². The maximum absolute atomic E-state index is 12.6. The number of carbonyl (C=O) groups is 2. The van der Waals surface area contributed by atoms with E-state index >= 15 is 0 Å². The lowest BCUT2D eigenvalue weighted by molar-refractivity contribution is -0.117. The van der Waals surface area contributed by atoms with E-state index in [0.717, 1.165) is 24.3 Å². The molecule has 2 N–H and O–H groups in total. The standard InChI is InChI=1S/C26H36N4O3/c1-20(2)33-24-13-11-22(12-14-24)10-9-21(3)27-26(32)30-17-15-29(16-18-30)19-25(31)28-23-7-5-4-6-8-23/h4-8,11-14,20-21H,9-10,15-19H2,1-3H3,(H,27,32)(H,28,31). The van der Waals surface area contributed by atoms with Crippen molar-refractivity contribution in [2.24, 2.45) is 0 Å². The molecule has 3 amide bonds. The van der Waals surface area contributed by atoms with Crippen LogP contribution in [0.2, 0.25) is 0 Å². The van der Waals surface area contributed by atoms with E-state index in [9.17, 15) is 9.59 Å². The molecular weight excluding hydrogens is 416 g/mol. The molecule has 2 aromatic carbocycles. The molecule has 0 aromatic heterocycles. The number of nitrogens with zero attached hydrogens (tertiary/aromatic N) is 2.